The molecule has 32 heavy (non-hydrogen) atoms. The molecule has 0 bridgehead atoms. The number of fused-ring (bicyclic) bond motifs is 1. The van der Waals surface area contributed by atoms with Crippen molar-refractivity contribution in [3.05, 3.63) is 29.3 Å². The number of sulfonamides is 1. The van der Waals surface area contributed by atoms with Gasteiger partial charge in [-0.25, -0.2) is 13.1 Å². The van der Waals surface area contributed by atoms with Crippen LogP contribution in [0, 0.1) is 5.92 Å². The quantitative estimate of drug-likeness (QED) is 0.593. The van der Waals surface area contributed by atoms with E-state index < -0.39 is 16.1 Å². The molecule has 0 aliphatic carbocycles. The van der Waals surface area contributed by atoms with Gasteiger partial charge in [-0.15, -0.1) is 10.2 Å². The van der Waals surface area contributed by atoms with Crippen LogP contribution in [-0.2, 0) is 29.5 Å². The summed E-state index contributed by atoms with van der Waals surface area (Å²) in [6.45, 7) is 6.76. The maximum atomic E-state index is 11.9. The van der Waals surface area contributed by atoms with Crippen LogP contribution in [0.4, 0.5) is 0 Å². The van der Waals surface area contributed by atoms with Gasteiger partial charge in [-0.1, -0.05) is 13.8 Å². The van der Waals surface area contributed by atoms with Crippen molar-refractivity contribution < 1.29 is 22.6 Å². The number of hydrogen-bond donors (Lipinski definition) is 1. The summed E-state index contributed by atoms with van der Waals surface area (Å²) in [5, 5.41) is 8.71. The Labute approximate surface area is 189 Å². The van der Waals surface area contributed by atoms with Gasteiger partial charge in [0.15, 0.2) is 5.82 Å². The van der Waals surface area contributed by atoms with Crippen LogP contribution in [0.25, 0.3) is 0 Å². The number of aromatic nitrogens is 3. The monoisotopic (exact) mass is 467 g/mol. The second kappa shape index (κ2) is 10.1. The first-order chi connectivity index (χ1) is 15.2. The van der Waals surface area contributed by atoms with Crippen LogP contribution in [-0.4, -0.2) is 68.8 Å². The molecule has 0 saturated carbocycles. The zero-order chi connectivity index (χ0) is 23.5. The number of benzene rings is 1. The van der Waals surface area contributed by atoms with E-state index in [1.54, 1.807) is 21.3 Å². The predicted molar refractivity (Wildman–Crippen MR) is 121 cm³/mol. The Balaban J connectivity index is 1.82. The summed E-state index contributed by atoms with van der Waals surface area (Å²) in [4.78, 5) is 2.31. The molecular weight excluding hydrogens is 434 g/mol. The van der Waals surface area contributed by atoms with Gasteiger partial charge in [0.2, 0.25) is 10.0 Å². The maximum absolute atomic E-state index is 11.9. The highest BCUT2D eigenvalue weighted by Crippen LogP contribution is 2.35. The van der Waals surface area contributed by atoms with Gasteiger partial charge in [0.1, 0.15) is 23.1 Å². The predicted octanol–water partition coefficient (Wildman–Crippen LogP) is 1.61. The number of hydrogen-bond acceptors (Lipinski definition) is 8. The van der Waals surface area contributed by atoms with E-state index in [0.29, 0.717) is 42.6 Å². The van der Waals surface area contributed by atoms with Crippen molar-refractivity contribution in [1.29, 1.82) is 0 Å². The van der Waals surface area contributed by atoms with E-state index in [9.17, 15) is 8.42 Å². The van der Waals surface area contributed by atoms with E-state index in [-0.39, 0.29) is 5.92 Å². The molecule has 0 amide bonds. The van der Waals surface area contributed by atoms with Crippen LogP contribution >= 0.6 is 0 Å². The Hall–Kier alpha value is -2.37. The number of methoxy groups -OCH3 is 3. The Morgan fingerprint density at radius 3 is 2.22 bits per heavy atom. The summed E-state index contributed by atoms with van der Waals surface area (Å²) in [5.74, 6) is 3.64. The van der Waals surface area contributed by atoms with Gasteiger partial charge in [0.25, 0.3) is 0 Å². The Morgan fingerprint density at radius 2 is 1.69 bits per heavy atom. The number of rotatable bonds is 9. The Morgan fingerprint density at radius 1 is 1.03 bits per heavy atom. The average Bonchev–Trinajstić information content (AvgIpc) is 3.04. The molecule has 1 N–H and O–H groups in total. The molecule has 10 nitrogen and oxygen atoms in total. The second-order valence-corrected chi connectivity index (χ2v) is 10.1. The van der Waals surface area contributed by atoms with Gasteiger partial charge in [-0.05, 0) is 5.92 Å². The summed E-state index contributed by atoms with van der Waals surface area (Å²) in [6, 6.07) is 3.28. The molecule has 0 fully saturated rings. The van der Waals surface area contributed by atoms with Crippen LogP contribution in [0.15, 0.2) is 12.1 Å². The minimum absolute atomic E-state index is 0.0326. The lowest BCUT2D eigenvalue weighted by Gasteiger charge is -2.24. The topological polar surface area (TPSA) is 108 Å². The van der Waals surface area contributed by atoms with Gasteiger partial charge in [0.05, 0.1) is 39.2 Å². The highest BCUT2D eigenvalue weighted by Gasteiger charge is 2.28. The molecule has 0 saturated heterocycles. The second-order valence-electron chi connectivity index (χ2n) is 8.27. The normalized spacial score (nSPS) is 15.8. The van der Waals surface area contributed by atoms with E-state index in [4.69, 9.17) is 14.2 Å². The zero-order valence-corrected chi connectivity index (χ0v) is 20.4. The van der Waals surface area contributed by atoms with Gasteiger partial charge >= 0.3 is 0 Å². The maximum Gasteiger partial charge on any atom is 0.209 e. The van der Waals surface area contributed by atoms with Gasteiger partial charge < -0.3 is 18.8 Å². The van der Waals surface area contributed by atoms with E-state index >= 15 is 0 Å². The molecule has 0 radical (unpaired) electrons. The molecule has 3 rings (SSSR count). The molecule has 1 aliphatic rings. The zero-order valence-electron chi connectivity index (χ0n) is 19.6. The van der Waals surface area contributed by atoms with Crippen molar-refractivity contribution in [2.75, 3.05) is 40.7 Å². The molecule has 0 spiro atoms. The molecule has 2 aromatic rings. The average molecular weight is 468 g/mol. The smallest absolute Gasteiger partial charge is 0.209 e. The molecule has 1 aromatic carbocycles. The molecule has 1 atom stereocenters. The third-order valence-electron chi connectivity index (χ3n) is 5.63. The van der Waals surface area contributed by atoms with Crippen LogP contribution in [0.1, 0.15) is 37.1 Å². The van der Waals surface area contributed by atoms with Crippen molar-refractivity contribution in [3.63, 3.8) is 0 Å². The van der Waals surface area contributed by atoms with Crippen molar-refractivity contribution in [2.45, 2.75) is 39.4 Å². The number of nitrogens with zero attached hydrogens (tertiary/aromatic N) is 4. The van der Waals surface area contributed by atoms with Crippen molar-refractivity contribution in [3.8, 4) is 17.2 Å². The van der Waals surface area contributed by atoms with Crippen LogP contribution in [0.2, 0.25) is 0 Å². The first-order valence-electron chi connectivity index (χ1n) is 10.6. The van der Waals surface area contributed by atoms with E-state index in [1.165, 1.54) is 6.26 Å². The summed E-state index contributed by atoms with van der Waals surface area (Å²) in [6.07, 6.45) is 1.87. The first kappa shape index (κ1) is 24.3. The standard InChI is InChI=1S/C21H33N5O5S/c1-14(2)20(24-32(6,27)28)21-23-22-19-7-8-25(9-10-26(19)21)13-16-17(30-4)11-15(29-3)12-18(16)31-5/h11-12,14,20,24H,7-10,13H2,1-6H3/t20-/m1/s1. The third-order valence-corrected chi connectivity index (χ3v) is 6.31. The molecule has 178 valence electrons. The molecular formula is C21H33N5O5S. The van der Waals surface area contributed by atoms with Crippen molar-refractivity contribution in [2.24, 2.45) is 5.92 Å². The third kappa shape index (κ3) is 5.51. The van der Waals surface area contributed by atoms with Gasteiger partial charge in [-0.2, -0.15) is 0 Å². The largest absolute Gasteiger partial charge is 0.496 e. The fraction of sp³-hybridized carbons (Fsp3) is 0.619. The van der Waals surface area contributed by atoms with E-state index in [1.807, 2.05) is 30.5 Å². The summed E-state index contributed by atoms with van der Waals surface area (Å²) < 4.78 is 45.1. The fourth-order valence-electron chi connectivity index (χ4n) is 3.95. The van der Waals surface area contributed by atoms with Crippen LogP contribution in [0.5, 0.6) is 17.2 Å². The Kier molecular flexibility index (Phi) is 7.63. The summed E-state index contributed by atoms with van der Waals surface area (Å²) in [7, 11) is 1.49. The Bertz CT molecular complexity index is 1010. The SMILES string of the molecule is COc1cc(OC)c(CN2CCc3nnc([C@H](NS(C)(=O)=O)C(C)C)n3CC2)c(OC)c1. The molecule has 1 aliphatic heterocycles. The molecule has 1 aromatic heterocycles. The highest BCUT2D eigenvalue weighted by molar-refractivity contribution is 7.88. The summed E-state index contributed by atoms with van der Waals surface area (Å²) >= 11 is 0. The highest BCUT2D eigenvalue weighted by atomic mass is 32.2. The molecule has 11 heteroatoms. The van der Waals surface area contributed by atoms with Crippen LogP contribution in [0.3, 0.4) is 0 Å². The minimum atomic E-state index is -3.38. The fourth-order valence-corrected chi connectivity index (χ4v) is 4.79. The molecule has 0 unspecified atom stereocenters. The van der Waals surface area contributed by atoms with Crippen molar-refractivity contribution in [1.82, 2.24) is 24.4 Å². The van der Waals surface area contributed by atoms with Gasteiger partial charge in [-0.3, -0.25) is 4.90 Å². The van der Waals surface area contributed by atoms with Crippen molar-refractivity contribution >= 4 is 10.0 Å². The summed E-state index contributed by atoms with van der Waals surface area (Å²) in [5.41, 5.74) is 0.951. The number of ether oxygens (including phenoxy) is 3. The van der Waals surface area contributed by atoms with Crippen LogP contribution < -0.4 is 18.9 Å². The van der Waals surface area contributed by atoms with E-state index in [0.717, 1.165) is 24.5 Å². The molecule has 2 heterocycles. The first-order valence-corrected chi connectivity index (χ1v) is 12.5. The minimum Gasteiger partial charge on any atom is -0.496 e. The lowest BCUT2D eigenvalue weighted by atomic mass is 10.1. The van der Waals surface area contributed by atoms with E-state index in [2.05, 4.69) is 19.8 Å². The van der Waals surface area contributed by atoms with Gasteiger partial charge in [0, 0.05) is 44.7 Å². The lowest BCUT2D eigenvalue weighted by molar-refractivity contribution is 0.258. The number of nitrogens with one attached hydrogen (secondary N) is 1. The lowest BCUT2D eigenvalue weighted by Crippen LogP contribution is -2.33.